The van der Waals surface area contributed by atoms with Gasteiger partial charge in [0.15, 0.2) is 0 Å². The van der Waals surface area contributed by atoms with Crippen molar-refractivity contribution in [2.45, 2.75) is 31.5 Å². The molecule has 0 spiro atoms. The Morgan fingerprint density at radius 1 is 1.35 bits per heavy atom. The Balaban J connectivity index is 1.58. The fourth-order valence-corrected chi connectivity index (χ4v) is 2.29. The third-order valence-electron chi connectivity index (χ3n) is 3.47. The predicted molar refractivity (Wildman–Crippen MR) is 66.9 cm³/mol. The number of nitrogens with one attached hydrogen (secondary N) is 1. The van der Waals surface area contributed by atoms with Crippen molar-refractivity contribution in [1.82, 2.24) is 5.32 Å². The number of furan rings is 1. The van der Waals surface area contributed by atoms with E-state index in [9.17, 15) is 0 Å². The molecule has 1 aliphatic carbocycles. The first-order valence-corrected chi connectivity index (χ1v) is 6.09. The maximum atomic E-state index is 5.75. The van der Waals surface area contributed by atoms with Gasteiger partial charge in [-0.3, -0.25) is 0 Å². The van der Waals surface area contributed by atoms with Crippen molar-refractivity contribution in [3.05, 3.63) is 36.1 Å². The van der Waals surface area contributed by atoms with Crippen LogP contribution in [0.15, 0.2) is 34.7 Å². The van der Waals surface area contributed by atoms with Gasteiger partial charge in [0, 0.05) is 18.5 Å². The van der Waals surface area contributed by atoms with Gasteiger partial charge in [-0.25, -0.2) is 0 Å². The highest BCUT2D eigenvalue weighted by Gasteiger charge is 2.28. The largest absolute Gasteiger partial charge is 0.460 e. The lowest BCUT2D eigenvalue weighted by atomic mass is 9.89. The van der Waals surface area contributed by atoms with Crippen LogP contribution >= 0.6 is 0 Å². The molecule has 90 valence electrons. The zero-order valence-corrected chi connectivity index (χ0v) is 9.98. The SMILES string of the molecule is COC1CC(NCc2cc3ccccc3o2)C1. The Labute approximate surface area is 101 Å². The van der Waals surface area contributed by atoms with Crippen LogP contribution in [-0.2, 0) is 11.3 Å². The second-order valence-corrected chi connectivity index (χ2v) is 4.66. The number of methoxy groups -OCH3 is 1. The van der Waals surface area contributed by atoms with E-state index in [4.69, 9.17) is 9.15 Å². The fraction of sp³-hybridized carbons (Fsp3) is 0.429. The molecule has 0 amide bonds. The molecule has 1 fully saturated rings. The van der Waals surface area contributed by atoms with Gasteiger partial charge >= 0.3 is 0 Å². The van der Waals surface area contributed by atoms with Crippen LogP contribution in [0.25, 0.3) is 11.0 Å². The van der Waals surface area contributed by atoms with Crippen LogP contribution in [-0.4, -0.2) is 19.3 Å². The summed E-state index contributed by atoms with van der Waals surface area (Å²) in [4.78, 5) is 0. The van der Waals surface area contributed by atoms with Crippen LogP contribution in [0.5, 0.6) is 0 Å². The van der Waals surface area contributed by atoms with E-state index in [1.54, 1.807) is 7.11 Å². The third kappa shape index (κ3) is 2.21. The van der Waals surface area contributed by atoms with Gasteiger partial charge in [-0.05, 0) is 25.0 Å². The van der Waals surface area contributed by atoms with Crippen LogP contribution in [0.2, 0.25) is 0 Å². The summed E-state index contributed by atoms with van der Waals surface area (Å²) < 4.78 is 11.0. The quantitative estimate of drug-likeness (QED) is 0.878. The van der Waals surface area contributed by atoms with Gasteiger partial charge in [-0.2, -0.15) is 0 Å². The number of ether oxygens (including phenoxy) is 1. The van der Waals surface area contributed by atoms with E-state index in [0.29, 0.717) is 12.1 Å². The molecule has 17 heavy (non-hydrogen) atoms. The second kappa shape index (κ2) is 4.51. The van der Waals surface area contributed by atoms with Crippen molar-refractivity contribution in [2.24, 2.45) is 0 Å². The van der Waals surface area contributed by atoms with Gasteiger partial charge < -0.3 is 14.5 Å². The molecular weight excluding hydrogens is 214 g/mol. The summed E-state index contributed by atoms with van der Waals surface area (Å²) in [6.07, 6.45) is 2.66. The van der Waals surface area contributed by atoms with Gasteiger partial charge in [0.2, 0.25) is 0 Å². The van der Waals surface area contributed by atoms with E-state index in [2.05, 4.69) is 17.4 Å². The maximum absolute atomic E-state index is 5.75. The highest BCUT2D eigenvalue weighted by molar-refractivity contribution is 5.77. The van der Waals surface area contributed by atoms with Crippen molar-refractivity contribution < 1.29 is 9.15 Å². The van der Waals surface area contributed by atoms with E-state index < -0.39 is 0 Å². The minimum atomic E-state index is 0.447. The number of fused-ring (bicyclic) bond motifs is 1. The van der Waals surface area contributed by atoms with Crippen LogP contribution in [0.4, 0.5) is 0 Å². The van der Waals surface area contributed by atoms with Crippen molar-refractivity contribution in [1.29, 1.82) is 0 Å². The van der Waals surface area contributed by atoms with Crippen LogP contribution in [0.1, 0.15) is 18.6 Å². The summed E-state index contributed by atoms with van der Waals surface area (Å²) >= 11 is 0. The maximum Gasteiger partial charge on any atom is 0.134 e. The summed E-state index contributed by atoms with van der Waals surface area (Å²) in [7, 11) is 1.78. The molecule has 3 heteroatoms. The Kier molecular flexibility index (Phi) is 2.87. The molecule has 2 aromatic rings. The van der Waals surface area contributed by atoms with Gasteiger partial charge in [-0.15, -0.1) is 0 Å². The van der Waals surface area contributed by atoms with E-state index in [1.165, 1.54) is 5.39 Å². The molecule has 1 aromatic carbocycles. The molecule has 0 bridgehead atoms. The number of rotatable bonds is 4. The molecule has 0 saturated heterocycles. The molecule has 0 aliphatic heterocycles. The zero-order valence-electron chi connectivity index (χ0n) is 9.98. The summed E-state index contributed by atoms with van der Waals surface area (Å²) in [5.74, 6) is 1.01. The minimum Gasteiger partial charge on any atom is -0.460 e. The monoisotopic (exact) mass is 231 g/mol. The summed E-state index contributed by atoms with van der Waals surface area (Å²) in [6, 6.07) is 10.8. The van der Waals surface area contributed by atoms with Crippen molar-refractivity contribution in [3.8, 4) is 0 Å². The Hall–Kier alpha value is -1.32. The molecule has 1 aromatic heterocycles. The average Bonchev–Trinajstić information content (AvgIpc) is 2.69. The first-order valence-electron chi connectivity index (χ1n) is 6.09. The van der Waals surface area contributed by atoms with Gasteiger partial charge in [-0.1, -0.05) is 18.2 Å². The molecule has 0 radical (unpaired) electrons. The van der Waals surface area contributed by atoms with Crippen molar-refractivity contribution in [2.75, 3.05) is 7.11 Å². The predicted octanol–water partition coefficient (Wildman–Crippen LogP) is 2.70. The Morgan fingerprint density at radius 3 is 2.94 bits per heavy atom. The second-order valence-electron chi connectivity index (χ2n) is 4.66. The first-order chi connectivity index (χ1) is 8.35. The number of hydrogen-bond donors (Lipinski definition) is 1. The molecule has 1 aliphatic rings. The number of hydrogen-bond acceptors (Lipinski definition) is 3. The molecule has 3 nitrogen and oxygen atoms in total. The van der Waals surface area contributed by atoms with Crippen molar-refractivity contribution >= 4 is 11.0 Å². The molecular formula is C14H17NO2. The Bertz CT molecular complexity index is 467. The van der Waals surface area contributed by atoms with Crippen LogP contribution in [0.3, 0.4) is 0 Å². The standard InChI is InChI=1S/C14H17NO2/c1-16-12-7-11(8-12)15-9-13-6-10-4-2-3-5-14(10)17-13/h2-6,11-12,15H,7-9H2,1H3. The van der Waals surface area contributed by atoms with Gasteiger partial charge in [0.25, 0.3) is 0 Å². The lowest BCUT2D eigenvalue weighted by Gasteiger charge is -2.34. The zero-order chi connectivity index (χ0) is 11.7. The smallest absolute Gasteiger partial charge is 0.134 e. The van der Waals surface area contributed by atoms with E-state index >= 15 is 0 Å². The molecule has 1 N–H and O–H groups in total. The number of benzene rings is 1. The van der Waals surface area contributed by atoms with Crippen LogP contribution < -0.4 is 5.32 Å². The first kappa shape index (κ1) is 10.8. The fourth-order valence-electron chi connectivity index (χ4n) is 2.29. The minimum absolute atomic E-state index is 0.447. The van der Waals surface area contributed by atoms with E-state index in [0.717, 1.165) is 30.7 Å². The van der Waals surface area contributed by atoms with Gasteiger partial charge in [0.1, 0.15) is 11.3 Å². The average molecular weight is 231 g/mol. The highest BCUT2D eigenvalue weighted by Crippen LogP contribution is 2.24. The number of para-hydroxylation sites is 1. The summed E-state index contributed by atoms with van der Waals surface area (Å²) in [5, 5.41) is 4.66. The highest BCUT2D eigenvalue weighted by atomic mass is 16.5. The molecule has 1 saturated carbocycles. The van der Waals surface area contributed by atoms with Crippen LogP contribution in [0, 0.1) is 0 Å². The third-order valence-corrected chi connectivity index (χ3v) is 3.47. The molecule has 0 unspecified atom stereocenters. The molecule has 1 heterocycles. The van der Waals surface area contributed by atoms with E-state index in [-0.39, 0.29) is 0 Å². The Morgan fingerprint density at radius 2 is 2.18 bits per heavy atom. The molecule has 3 rings (SSSR count). The van der Waals surface area contributed by atoms with Crippen molar-refractivity contribution in [3.63, 3.8) is 0 Å². The normalized spacial score (nSPS) is 23.8. The van der Waals surface area contributed by atoms with E-state index in [1.807, 2.05) is 18.2 Å². The lowest BCUT2D eigenvalue weighted by molar-refractivity contribution is 0.0166. The summed E-state index contributed by atoms with van der Waals surface area (Å²) in [5.41, 5.74) is 0.965. The topological polar surface area (TPSA) is 34.4 Å². The summed E-state index contributed by atoms with van der Waals surface area (Å²) in [6.45, 7) is 0.801. The molecule has 0 atom stereocenters. The lowest BCUT2D eigenvalue weighted by Crippen LogP contribution is -2.44. The van der Waals surface area contributed by atoms with Gasteiger partial charge in [0.05, 0.1) is 12.6 Å².